The Bertz CT molecular complexity index is 804. The van der Waals surface area contributed by atoms with Gasteiger partial charge < -0.3 is 9.84 Å². The summed E-state index contributed by atoms with van der Waals surface area (Å²) in [5, 5.41) is 18.9. The van der Waals surface area contributed by atoms with E-state index in [2.05, 4.69) is 30.7 Å². The first-order valence-electron chi connectivity index (χ1n) is 8.10. The van der Waals surface area contributed by atoms with Gasteiger partial charge in [0.15, 0.2) is 5.76 Å². The molecule has 0 bridgehead atoms. The van der Waals surface area contributed by atoms with Crippen molar-refractivity contribution in [3.05, 3.63) is 41.7 Å². The Morgan fingerprint density at radius 3 is 3.04 bits per heavy atom. The Balaban J connectivity index is 1.53. The molecule has 0 spiro atoms. The van der Waals surface area contributed by atoms with Gasteiger partial charge in [-0.1, -0.05) is 5.16 Å². The summed E-state index contributed by atoms with van der Waals surface area (Å²) in [4.78, 5) is 2.39. The molecule has 3 aromatic rings. The SMILES string of the molecule is Cc1c(-c2cc(CN3CCNCC3c3cn[nH]c3)on2)cnn1C. The highest BCUT2D eigenvalue weighted by atomic mass is 16.5. The third kappa shape index (κ3) is 2.74. The molecule has 0 saturated carbocycles. The molecule has 1 aliphatic rings. The minimum Gasteiger partial charge on any atom is -0.359 e. The molecule has 126 valence electrons. The van der Waals surface area contributed by atoms with Crippen molar-refractivity contribution >= 4 is 0 Å². The fourth-order valence-corrected chi connectivity index (χ4v) is 3.17. The molecule has 1 unspecified atom stereocenters. The number of aromatic amines is 1. The number of piperazine rings is 1. The van der Waals surface area contributed by atoms with Crippen LogP contribution >= 0.6 is 0 Å². The van der Waals surface area contributed by atoms with Crippen molar-refractivity contribution in [2.45, 2.75) is 19.5 Å². The number of H-pyrrole nitrogens is 1. The molecule has 8 nitrogen and oxygen atoms in total. The monoisotopic (exact) mass is 327 g/mol. The topological polar surface area (TPSA) is 87.8 Å². The molecular formula is C16H21N7O. The summed E-state index contributed by atoms with van der Waals surface area (Å²) in [6.07, 6.45) is 5.67. The Kier molecular flexibility index (Phi) is 3.91. The van der Waals surface area contributed by atoms with E-state index in [9.17, 15) is 0 Å². The van der Waals surface area contributed by atoms with Gasteiger partial charge in [-0.25, -0.2) is 0 Å². The molecule has 1 fully saturated rings. The van der Waals surface area contributed by atoms with Crippen LogP contribution in [0, 0.1) is 6.92 Å². The molecule has 4 heterocycles. The van der Waals surface area contributed by atoms with Crippen molar-refractivity contribution in [3.63, 3.8) is 0 Å². The van der Waals surface area contributed by atoms with Crippen molar-refractivity contribution in [1.82, 2.24) is 35.4 Å². The van der Waals surface area contributed by atoms with E-state index >= 15 is 0 Å². The van der Waals surface area contributed by atoms with Crippen molar-refractivity contribution < 1.29 is 4.52 Å². The van der Waals surface area contributed by atoms with E-state index in [1.54, 1.807) is 0 Å². The summed E-state index contributed by atoms with van der Waals surface area (Å²) >= 11 is 0. The lowest BCUT2D eigenvalue weighted by Crippen LogP contribution is -2.45. The number of rotatable bonds is 4. The number of aryl methyl sites for hydroxylation is 1. The van der Waals surface area contributed by atoms with E-state index in [0.717, 1.165) is 48.9 Å². The van der Waals surface area contributed by atoms with Gasteiger partial charge in [-0.2, -0.15) is 10.2 Å². The highest BCUT2D eigenvalue weighted by Crippen LogP contribution is 2.26. The van der Waals surface area contributed by atoms with Gasteiger partial charge in [0.05, 0.1) is 25.0 Å². The zero-order chi connectivity index (χ0) is 16.5. The summed E-state index contributed by atoms with van der Waals surface area (Å²) in [5.41, 5.74) is 4.11. The number of nitrogens with one attached hydrogen (secondary N) is 2. The summed E-state index contributed by atoms with van der Waals surface area (Å²) in [6, 6.07) is 2.30. The first-order chi connectivity index (χ1) is 11.7. The van der Waals surface area contributed by atoms with Crippen LogP contribution in [0.3, 0.4) is 0 Å². The molecular weight excluding hydrogens is 306 g/mol. The van der Waals surface area contributed by atoms with E-state index in [-0.39, 0.29) is 6.04 Å². The van der Waals surface area contributed by atoms with E-state index in [0.29, 0.717) is 0 Å². The zero-order valence-corrected chi connectivity index (χ0v) is 13.9. The van der Waals surface area contributed by atoms with Crippen LogP contribution in [0.15, 0.2) is 29.2 Å². The highest BCUT2D eigenvalue weighted by molar-refractivity contribution is 5.60. The molecule has 0 amide bonds. The molecule has 3 aromatic heterocycles. The van der Waals surface area contributed by atoms with E-state index in [1.807, 2.05) is 43.3 Å². The molecule has 4 rings (SSSR count). The maximum atomic E-state index is 5.58. The molecule has 0 aromatic carbocycles. The van der Waals surface area contributed by atoms with Crippen molar-refractivity contribution in [1.29, 1.82) is 0 Å². The number of hydrogen-bond donors (Lipinski definition) is 2. The largest absolute Gasteiger partial charge is 0.359 e. The van der Waals surface area contributed by atoms with Gasteiger partial charge in [0, 0.05) is 55.8 Å². The third-order valence-corrected chi connectivity index (χ3v) is 4.69. The van der Waals surface area contributed by atoms with Crippen molar-refractivity contribution in [2.24, 2.45) is 7.05 Å². The molecule has 0 aliphatic carbocycles. The van der Waals surface area contributed by atoms with Crippen molar-refractivity contribution in [3.8, 4) is 11.3 Å². The van der Waals surface area contributed by atoms with Gasteiger partial charge in [-0.05, 0) is 6.92 Å². The van der Waals surface area contributed by atoms with Crippen LogP contribution in [0.4, 0.5) is 0 Å². The molecule has 8 heteroatoms. The molecule has 1 aliphatic heterocycles. The van der Waals surface area contributed by atoms with Crippen LogP contribution in [-0.4, -0.2) is 49.7 Å². The van der Waals surface area contributed by atoms with Gasteiger partial charge >= 0.3 is 0 Å². The van der Waals surface area contributed by atoms with Gasteiger partial charge in [-0.3, -0.25) is 14.7 Å². The second kappa shape index (κ2) is 6.21. The van der Waals surface area contributed by atoms with Crippen LogP contribution in [0.25, 0.3) is 11.3 Å². The van der Waals surface area contributed by atoms with E-state index < -0.39 is 0 Å². The zero-order valence-electron chi connectivity index (χ0n) is 13.9. The molecule has 0 radical (unpaired) electrons. The average molecular weight is 327 g/mol. The average Bonchev–Trinajstić information content (AvgIpc) is 3.32. The molecule has 2 N–H and O–H groups in total. The fraction of sp³-hybridized carbons (Fsp3) is 0.438. The second-order valence-corrected chi connectivity index (χ2v) is 6.17. The maximum Gasteiger partial charge on any atom is 0.151 e. The Morgan fingerprint density at radius 2 is 2.29 bits per heavy atom. The smallest absolute Gasteiger partial charge is 0.151 e. The van der Waals surface area contributed by atoms with E-state index in [4.69, 9.17) is 4.52 Å². The normalized spacial score (nSPS) is 19.0. The summed E-state index contributed by atoms with van der Waals surface area (Å²) < 4.78 is 7.42. The van der Waals surface area contributed by atoms with Crippen LogP contribution in [-0.2, 0) is 13.6 Å². The predicted octanol–water partition coefficient (Wildman–Crippen LogP) is 1.25. The Morgan fingerprint density at radius 1 is 1.38 bits per heavy atom. The van der Waals surface area contributed by atoms with Crippen LogP contribution in [0.2, 0.25) is 0 Å². The minimum atomic E-state index is 0.283. The molecule has 24 heavy (non-hydrogen) atoms. The van der Waals surface area contributed by atoms with Gasteiger partial charge in [0.25, 0.3) is 0 Å². The third-order valence-electron chi connectivity index (χ3n) is 4.69. The Labute approximate surface area is 139 Å². The lowest BCUT2D eigenvalue weighted by Gasteiger charge is -2.34. The van der Waals surface area contributed by atoms with Gasteiger partial charge in [0.2, 0.25) is 0 Å². The second-order valence-electron chi connectivity index (χ2n) is 6.17. The first kappa shape index (κ1) is 15.1. The van der Waals surface area contributed by atoms with Crippen LogP contribution in [0.1, 0.15) is 23.1 Å². The fourth-order valence-electron chi connectivity index (χ4n) is 3.17. The standard InChI is InChI=1S/C16H21N7O/c1-11-14(8-20-22(11)2)15-5-13(24-21-15)10-23-4-3-17-9-16(23)12-6-18-19-7-12/h5-8,16-17H,3-4,9-10H2,1-2H3,(H,18,19). The molecule has 1 atom stereocenters. The molecule has 1 saturated heterocycles. The lowest BCUT2D eigenvalue weighted by atomic mass is 10.1. The van der Waals surface area contributed by atoms with Gasteiger partial charge in [0.1, 0.15) is 5.69 Å². The quantitative estimate of drug-likeness (QED) is 0.750. The van der Waals surface area contributed by atoms with Crippen LogP contribution < -0.4 is 5.32 Å². The first-order valence-corrected chi connectivity index (χ1v) is 8.10. The maximum absolute atomic E-state index is 5.58. The summed E-state index contributed by atoms with van der Waals surface area (Å²) in [5.74, 6) is 0.864. The number of aromatic nitrogens is 5. The minimum absolute atomic E-state index is 0.283. The Hall–Kier alpha value is -2.45. The summed E-state index contributed by atoms with van der Waals surface area (Å²) in [6.45, 7) is 5.59. The number of hydrogen-bond acceptors (Lipinski definition) is 6. The van der Waals surface area contributed by atoms with Gasteiger partial charge in [-0.15, -0.1) is 0 Å². The highest BCUT2D eigenvalue weighted by Gasteiger charge is 2.26. The predicted molar refractivity (Wildman–Crippen MR) is 88.1 cm³/mol. The van der Waals surface area contributed by atoms with Crippen LogP contribution in [0.5, 0.6) is 0 Å². The van der Waals surface area contributed by atoms with Crippen molar-refractivity contribution in [2.75, 3.05) is 19.6 Å². The lowest BCUT2D eigenvalue weighted by molar-refractivity contribution is 0.138. The number of nitrogens with zero attached hydrogens (tertiary/aromatic N) is 5. The summed E-state index contributed by atoms with van der Waals surface area (Å²) in [7, 11) is 1.93. The van der Waals surface area contributed by atoms with E-state index in [1.165, 1.54) is 5.56 Å².